The molecular weight excluding hydrogens is 307 g/mol. The van der Waals surface area contributed by atoms with Crippen LogP contribution in [0.4, 0.5) is 4.39 Å². The number of aryl methyl sites for hydroxylation is 2. The zero-order valence-electron chi connectivity index (χ0n) is 14.6. The summed E-state index contributed by atoms with van der Waals surface area (Å²) in [6.45, 7) is 8.38. The summed E-state index contributed by atoms with van der Waals surface area (Å²) in [6.07, 6.45) is 1.73. The molecule has 6 heteroatoms. The van der Waals surface area contributed by atoms with Crippen LogP contribution in [0.2, 0.25) is 0 Å². The molecule has 5 nitrogen and oxygen atoms in total. The molecule has 1 atom stereocenters. The lowest BCUT2D eigenvalue weighted by molar-refractivity contribution is 0.0986. The predicted octanol–water partition coefficient (Wildman–Crippen LogP) is 2.75. The largest absolute Gasteiger partial charge is 0.339 e. The van der Waals surface area contributed by atoms with E-state index in [4.69, 9.17) is 4.52 Å². The summed E-state index contributed by atoms with van der Waals surface area (Å²) in [5.74, 6) is 0.826. The first-order valence-electron chi connectivity index (χ1n) is 8.54. The van der Waals surface area contributed by atoms with Crippen LogP contribution in [0.15, 0.2) is 22.7 Å². The smallest absolute Gasteiger partial charge is 0.227 e. The molecule has 0 saturated carbocycles. The highest BCUT2D eigenvalue weighted by atomic mass is 19.1. The van der Waals surface area contributed by atoms with Gasteiger partial charge in [0.25, 0.3) is 0 Å². The van der Waals surface area contributed by atoms with Crippen LogP contribution in [-0.2, 0) is 6.42 Å². The molecule has 1 aromatic carbocycles. The second kappa shape index (κ2) is 7.40. The van der Waals surface area contributed by atoms with Gasteiger partial charge >= 0.3 is 0 Å². The molecule has 3 rings (SSSR count). The molecule has 0 spiro atoms. The first kappa shape index (κ1) is 17.0. The van der Waals surface area contributed by atoms with E-state index in [0.717, 1.165) is 39.0 Å². The summed E-state index contributed by atoms with van der Waals surface area (Å²) in [5.41, 5.74) is 1.27. The van der Waals surface area contributed by atoms with E-state index in [2.05, 4.69) is 33.9 Å². The van der Waals surface area contributed by atoms with Crippen molar-refractivity contribution in [2.45, 2.75) is 32.7 Å². The fourth-order valence-electron chi connectivity index (χ4n) is 3.15. The van der Waals surface area contributed by atoms with Gasteiger partial charge in [-0.05, 0) is 45.5 Å². The number of nitrogens with zero attached hydrogens (tertiary/aromatic N) is 4. The normalized spacial score (nSPS) is 19.8. The number of hydrogen-bond acceptors (Lipinski definition) is 5. The van der Waals surface area contributed by atoms with E-state index in [1.54, 1.807) is 13.0 Å². The minimum absolute atomic E-state index is 0.247. The number of benzene rings is 1. The molecule has 1 unspecified atom stereocenters. The standard InChI is InChI=1S/C18H25FN4O/c1-13-6-7-15(11-16(13)19)18-20-17(24-21-18)5-4-8-23-10-9-22(3)12-14(23)2/h6-7,11,14H,4-5,8-10,12H2,1-3H3. The first-order chi connectivity index (χ1) is 11.5. The maximum Gasteiger partial charge on any atom is 0.227 e. The molecule has 1 aromatic heterocycles. The Kier molecular flexibility index (Phi) is 5.26. The maximum absolute atomic E-state index is 13.6. The van der Waals surface area contributed by atoms with Crippen molar-refractivity contribution in [2.75, 3.05) is 33.2 Å². The lowest BCUT2D eigenvalue weighted by Gasteiger charge is -2.38. The summed E-state index contributed by atoms with van der Waals surface area (Å²) < 4.78 is 19.0. The first-order valence-corrected chi connectivity index (χ1v) is 8.54. The van der Waals surface area contributed by atoms with Crippen LogP contribution >= 0.6 is 0 Å². The summed E-state index contributed by atoms with van der Waals surface area (Å²) in [5, 5.41) is 3.97. The highest BCUT2D eigenvalue weighted by Crippen LogP contribution is 2.19. The van der Waals surface area contributed by atoms with E-state index in [-0.39, 0.29) is 5.82 Å². The van der Waals surface area contributed by atoms with Crippen molar-refractivity contribution in [3.8, 4) is 11.4 Å². The van der Waals surface area contributed by atoms with E-state index in [1.165, 1.54) is 6.07 Å². The Bertz CT molecular complexity index is 687. The Hall–Kier alpha value is -1.79. The van der Waals surface area contributed by atoms with Gasteiger partial charge in [-0.25, -0.2) is 4.39 Å². The molecule has 24 heavy (non-hydrogen) atoms. The Morgan fingerprint density at radius 2 is 2.17 bits per heavy atom. The lowest BCUT2D eigenvalue weighted by Crippen LogP contribution is -2.50. The second-order valence-electron chi connectivity index (χ2n) is 6.73. The average Bonchev–Trinajstić information content (AvgIpc) is 3.01. The van der Waals surface area contributed by atoms with E-state index in [1.807, 2.05) is 6.07 Å². The molecule has 0 N–H and O–H groups in total. The van der Waals surface area contributed by atoms with E-state index < -0.39 is 0 Å². The summed E-state index contributed by atoms with van der Waals surface area (Å²) in [6, 6.07) is 5.59. The van der Waals surface area contributed by atoms with Crippen LogP contribution < -0.4 is 0 Å². The third-order valence-corrected chi connectivity index (χ3v) is 4.70. The van der Waals surface area contributed by atoms with Gasteiger partial charge in [-0.15, -0.1) is 0 Å². The van der Waals surface area contributed by atoms with Gasteiger partial charge < -0.3 is 9.42 Å². The number of aromatic nitrogens is 2. The van der Waals surface area contributed by atoms with E-state index >= 15 is 0 Å². The number of likely N-dealkylation sites (N-methyl/N-ethyl adjacent to an activating group) is 1. The van der Waals surface area contributed by atoms with Crippen molar-refractivity contribution in [3.63, 3.8) is 0 Å². The molecule has 0 radical (unpaired) electrons. The Balaban J connectivity index is 1.54. The monoisotopic (exact) mass is 332 g/mol. The van der Waals surface area contributed by atoms with Gasteiger partial charge in [0.1, 0.15) is 5.82 Å². The van der Waals surface area contributed by atoms with Gasteiger partial charge in [0.15, 0.2) is 0 Å². The van der Waals surface area contributed by atoms with E-state index in [0.29, 0.717) is 28.9 Å². The third kappa shape index (κ3) is 3.99. The van der Waals surface area contributed by atoms with Gasteiger partial charge in [0, 0.05) is 37.7 Å². The number of rotatable bonds is 5. The molecule has 1 fully saturated rings. The number of halogens is 1. The van der Waals surface area contributed by atoms with Gasteiger partial charge in [0.05, 0.1) is 0 Å². The van der Waals surface area contributed by atoms with Gasteiger partial charge in [-0.3, -0.25) is 4.90 Å². The minimum Gasteiger partial charge on any atom is -0.339 e. The fraction of sp³-hybridized carbons (Fsp3) is 0.556. The highest BCUT2D eigenvalue weighted by molar-refractivity contribution is 5.54. The number of hydrogen-bond donors (Lipinski definition) is 0. The molecular formula is C18H25FN4O. The molecule has 0 bridgehead atoms. The van der Waals surface area contributed by atoms with Crippen LogP contribution in [0, 0.1) is 12.7 Å². The van der Waals surface area contributed by atoms with Crippen molar-refractivity contribution in [2.24, 2.45) is 0 Å². The minimum atomic E-state index is -0.247. The maximum atomic E-state index is 13.6. The average molecular weight is 332 g/mol. The summed E-state index contributed by atoms with van der Waals surface area (Å²) in [7, 11) is 2.17. The van der Waals surface area contributed by atoms with Crippen molar-refractivity contribution < 1.29 is 8.91 Å². The van der Waals surface area contributed by atoms with Gasteiger partial charge in [-0.2, -0.15) is 4.98 Å². The SMILES string of the molecule is Cc1ccc(-c2noc(CCCN3CCN(C)CC3C)n2)cc1F. The third-order valence-electron chi connectivity index (χ3n) is 4.70. The van der Waals surface area contributed by atoms with Crippen molar-refractivity contribution in [1.82, 2.24) is 19.9 Å². The van der Waals surface area contributed by atoms with Gasteiger partial charge in [-0.1, -0.05) is 17.3 Å². The Morgan fingerprint density at radius 1 is 1.33 bits per heavy atom. The zero-order valence-corrected chi connectivity index (χ0v) is 14.6. The fourth-order valence-corrected chi connectivity index (χ4v) is 3.15. The molecule has 2 heterocycles. The Labute approximate surface area is 142 Å². The molecule has 130 valence electrons. The van der Waals surface area contributed by atoms with Crippen molar-refractivity contribution >= 4 is 0 Å². The van der Waals surface area contributed by atoms with Crippen LogP contribution in [0.5, 0.6) is 0 Å². The van der Waals surface area contributed by atoms with Crippen LogP contribution in [0.1, 0.15) is 24.8 Å². The summed E-state index contributed by atoms with van der Waals surface area (Å²) >= 11 is 0. The molecule has 2 aromatic rings. The quantitative estimate of drug-likeness (QED) is 0.842. The van der Waals surface area contributed by atoms with E-state index in [9.17, 15) is 4.39 Å². The zero-order chi connectivity index (χ0) is 17.1. The second-order valence-corrected chi connectivity index (χ2v) is 6.73. The van der Waals surface area contributed by atoms with Crippen LogP contribution in [0.25, 0.3) is 11.4 Å². The van der Waals surface area contributed by atoms with Crippen LogP contribution in [-0.4, -0.2) is 59.2 Å². The molecule has 1 aliphatic rings. The van der Waals surface area contributed by atoms with Crippen molar-refractivity contribution in [1.29, 1.82) is 0 Å². The molecule has 1 saturated heterocycles. The topological polar surface area (TPSA) is 45.4 Å². The molecule has 1 aliphatic heterocycles. The Morgan fingerprint density at radius 3 is 2.92 bits per heavy atom. The molecule has 0 amide bonds. The predicted molar refractivity (Wildman–Crippen MR) is 91.3 cm³/mol. The van der Waals surface area contributed by atoms with Crippen molar-refractivity contribution in [3.05, 3.63) is 35.5 Å². The summed E-state index contributed by atoms with van der Waals surface area (Å²) in [4.78, 5) is 9.27. The lowest BCUT2D eigenvalue weighted by atomic mass is 10.1. The molecule has 0 aliphatic carbocycles. The number of piperazine rings is 1. The van der Waals surface area contributed by atoms with Gasteiger partial charge in [0.2, 0.25) is 11.7 Å². The highest BCUT2D eigenvalue weighted by Gasteiger charge is 2.21. The van der Waals surface area contributed by atoms with Crippen LogP contribution in [0.3, 0.4) is 0 Å².